The van der Waals surface area contributed by atoms with Crippen LogP contribution in [-0.2, 0) is 0 Å². The first kappa shape index (κ1) is 12.4. The van der Waals surface area contributed by atoms with E-state index in [0.717, 1.165) is 6.42 Å². The highest BCUT2D eigenvalue weighted by Gasteiger charge is 2.19. The average Bonchev–Trinajstić information content (AvgIpc) is 2.05. The van der Waals surface area contributed by atoms with Crippen LogP contribution in [0.25, 0.3) is 0 Å². The summed E-state index contributed by atoms with van der Waals surface area (Å²) in [6, 6.07) is 0.625. The van der Waals surface area contributed by atoms with Gasteiger partial charge in [-0.05, 0) is 26.8 Å². The SMILES string of the molecule is CCCC(C)N(C)C(CC)C(=N)N. The van der Waals surface area contributed by atoms with Gasteiger partial charge in [-0.1, -0.05) is 20.3 Å². The molecule has 0 aliphatic rings. The van der Waals surface area contributed by atoms with Crippen LogP contribution in [0.15, 0.2) is 0 Å². The largest absolute Gasteiger partial charge is 0.386 e. The minimum absolute atomic E-state index is 0.113. The van der Waals surface area contributed by atoms with Crippen LogP contribution in [0.2, 0.25) is 0 Å². The van der Waals surface area contributed by atoms with Crippen LogP contribution >= 0.6 is 0 Å². The summed E-state index contributed by atoms with van der Waals surface area (Å²) in [5.74, 6) is 0.285. The van der Waals surface area contributed by atoms with E-state index in [4.69, 9.17) is 11.1 Å². The van der Waals surface area contributed by atoms with E-state index in [1.54, 1.807) is 0 Å². The summed E-state index contributed by atoms with van der Waals surface area (Å²) in [7, 11) is 2.05. The molecule has 0 aromatic heterocycles. The van der Waals surface area contributed by atoms with Crippen LogP contribution < -0.4 is 5.73 Å². The van der Waals surface area contributed by atoms with E-state index >= 15 is 0 Å². The molecule has 0 saturated carbocycles. The summed E-state index contributed by atoms with van der Waals surface area (Å²) in [5, 5.41) is 7.44. The van der Waals surface area contributed by atoms with Crippen LogP contribution in [0.5, 0.6) is 0 Å². The topological polar surface area (TPSA) is 53.1 Å². The monoisotopic (exact) mass is 185 g/mol. The van der Waals surface area contributed by atoms with Crippen LogP contribution in [0.1, 0.15) is 40.0 Å². The minimum Gasteiger partial charge on any atom is -0.386 e. The molecule has 0 aromatic carbocycles. The molecular weight excluding hydrogens is 162 g/mol. The molecule has 0 fully saturated rings. The highest BCUT2D eigenvalue weighted by molar-refractivity contribution is 5.82. The number of nitrogens with two attached hydrogens (primary N) is 1. The van der Waals surface area contributed by atoms with Gasteiger partial charge in [-0.3, -0.25) is 10.3 Å². The first-order chi connectivity index (χ1) is 6.04. The zero-order valence-electron chi connectivity index (χ0n) is 9.30. The van der Waals surface area contributed by atoms with Crippen molar-refractivity contribution in [3.05, 3.63) is 0 Å². The van der Waals surface area contributed by atoms with Gasteiger partial charge in [-0.15, -0.1) is 0 Å². The Labute approximate surface area is 81.8 Å². The van der Waals surface area contributed by atoms with Gasteiger partial charge in [0.25, 0.3) is 0 Å². The summed E-state index contributed by atoms with van der Waals surface area (Å²) in [6.07, 6.45) is 3.26. The highest BCUT2D eigenvalue weighted by atomic mass is 15.2. The molecule has 3 N–H and O–H groups in total. The van der Waals surface area contributed by atoms with Crippen molar-refractivity contribution in [2.75, 3.05) is 7.05 Å². The summed E-state index contributed by atoms with van der Waals surface area (Å²) in [6.45, 7) is 6.44. The number of amidine groups is 1. The molecule has 0 rings (SSSR count). The number of likely N-dealkylation sites (N-methyl/N-ethyl adjacent to an activating group) is 1. The number of nitrogens with one attached hydrogen (secondary N) is 1. The smallest absolute Gasteiger partial charge is 0.108 e. The summed E-state index contributed by atoms with van der Waals surface area (Å²) >= 11 is 0. The van der Waals surface area contributed by atoms with Gasteiger partial charge in [0.05, 0.1) is 6.04 Å². The van der Waals surface area contributed by atoms with E-state index in [2.05, 4.69) is 32.7 Å². The number of rotatable bonds is 6. The van der Waals surface area contributed by atoms with Gasteiger partial charge in [0.1, 0.15) is 5.84 Å². The molecule has 13 heavy (non-hydrogen) atoms. The molecule has 0 amide bonds. The van der Waals surface area contributed by atoms with Gasteiger partial charge in [-0.2, -0.15) is 0 Å². The molecule has 0 saturated heterocycles. The van der Waals surface area contributed by atoms with Gasteiger partial charge in [0.15, 0.2) is 0 Å². The predicted octanol–water partition coefficient (Wildman–Crippen LogP) is 1.82. The molecule has 3 nitrogen and oxygen atoms in total. The lowest BCUT2D eigenvalue weighted by atomic mass is 10.1. The zero-order chi connectivity index (χ0) is 10.4. The Morgan fingerprint density at radius 1 is 1.46 bits per heavy atom. The second-order valence-electron chi connectivity index (χ2n) is 3.68. The van der Waals surface area contributed by atoms with Crippen molar-refractivity contribution in [1.82, 2.24) is 4.90 Å². The maximum atomic E-state index is 7.44. The molecule has 2 unspecified atom stereocenters. The van der Waals surface area contributed by atoms with Crippen molar-refractivity contribution in [3.8, 4) is 0 Å². The van der Waals surface area contributed by atoms with E-state index in [1.165, 1.54) is 12.8 Å². The Morgan fingerprint density at radius 2 is 2.00 bits per heavy atom. The standard InChI is InChI=1S/C10H23N3/c1-5-7-8(3)13(4)9(6-2)10(11)12/h8-9H,5-7H2,1-4H3,(H3,11,12). The molecule has 0 spiro atoms. The molecule has 0 radical (unpaired) electrons. The van der Waals surface area contributed by atoms with Crippen LogP contribution in [-0.4, -0.2) is 29.9 Å². The molecule has 0 bridgehead atoms. The van der Waals surface area contributed by atoms with Crippen molar-refractivity contribution in [2.24, 2.45) is 5.73 Å². The van der Waals surface area contributed by atoms with Crippen LogP contribution in [0.3, 0.4) is 0 Å². The normalized spacial score (nSPS) is 15.8. The average molecular weight is 185 g/mol. The molecule has 0 heterocycles. The van der Waals surface area contributed by atoms with E-state index in [9.17, 15) is 0 Å². The number of hydrogen-bond donors (Lipinski definition) is 2. The molecule has 2 atom stereocenters. The molecule has 0 aliphatic heterocycles. The number of nitrogens with zero attached hydrogens (tertiary/aromatic N) is 1. The van der Waals surface area contributed by atoms with Gasteiger partial charge in [0.2, 0.25) is 0 Å². The lowest BCUT2D eigenvalue weighted by molar-refractivity contribution is 0.210. The first-order valence-corrected chi connectivity index (χ1v) is 5.10. The van der Waals surface area contributed by atoms with E-state index in [0.29, 0.717) is 6.04 Å². The molecule has 78 valence electrons. The second kappa shape index (κ2) is 5.97. The predicted molar refractivity (Wildman–Crippen MR) is 58.1 cm³/mol. The fraction of sp³-hybridized carbons (Fsp3) is 0.900. The third-order valence-corrected chi connectivity index (χ3v) is 2.64. The maximum absolute atomic E-state index is 7.44. The van der Waals surface area contributed by atoms with E-state index in [-0.39, 0.29) is 11.9 Å². The van der Waals surface area contributed by atoms with E-state index in [1.807, 2.05) is 0 Å². The van der Waals surface area contributed by atoms with Gasteiger partial charge in [-0.25, -0.2) is 0 Å². The molecule has 0 aromatic rings. The fourth-order valence-corrected chi connectivity index (χ4v) is 1.66. The van der Waals surface area contributed by atoms with Crippen molar-refractivity contribution in [1.29, 1.82) is 5.41 Å². The zero-order valence-corrected chi connectivity index (χ0v) is 9.30. The molecule has 0 aliphatic carbocycles. The second-order valence-corrected chi connectivity index (χ2v) is 3.68. The Morgan fingerprint density at radius 3 is 2.31 bits per heavy atom. The van der Waals surface area contributed by atoms with Gasteiger partial charge < -0.3 is 5.73 Å². The Kier molecular flexibility index (Phi) is 5.71. The van der Waals surface area contributed by atoms with Crippen molar-refractivity contribution in [2.45, 2.75) is 52.1 Å². The van der Waals surface area contributed by atoms with Crippen molar-refractivity contribution < 1.29 is 0 Å². The van der Waals surface area contributed by atoms with E-state index < -0.39 is 0 Å². The van der Waals surface area contributed by atoms with Gasteiger partial charge >= 0.3 is 0 Å². The highest BCUT2D eigenvalue weighted by Crippen LogP contribution is 2.10. The third-order valence-electron chi connectivity index (χ3n) is 2.64. The maximum Gasteiger partial charge on any atom is 0.108 e. The number of hydrogen-bond acceptors (Lipinski definition) is 2. The third kappa shape index (κ3) is 3.77. The summed E-state index contributed by atoms with van der Waals surface area (Å²) < 4.78 is 0. The minimum atomic E-state index is 0.113. The summed E-state index contributed by atoms with van der Waals surface area (Å²) in [5.41, 5.74) is 5.52. The Balaban J connectivity index is 4.18. The lowest BCUT2D eigenvalue weighted by Gasteiger charge is -2.31. The molecule has 3 heteroatoms. The quantitative estimate of drug-likeness (QED) is 0.490. The Bertz CT molecular complexity index is 156. The first-order valence-electron chi connectivity index (χ1n) is 5.10. The van der Waals surface area contributed by atoms with Crippen LogP contribution in [0.4, 0.5) is 0 Å². The molecular formula is C10H23N3. The van der Waals surface area contributed by atoms with Gasteiger partial charge in [0, 0.05) is 6.04 Å². The fourth-order valence-electron chi connectivity index (χ4n) is 1.66. The van der Waals surface area contributed by atoms with Crippen molar-refractivity contribution >= 4 is 5.84 Å². The Hall–Kier alpha value is -0.570. The van der Waals surface area contributed by atoms with Crippen molar-refractivity contribution in [3.63, 3.8) is 0 Å². The summed E-state index contributed by atoms with van der Waals surface area (Å²) in [4.78, 5) is 2.20. The van der Waals surface area contributed by atoms with Crippen LogP contribution in [0, 0.1) is 5.41 Å². The lowest BCUT2D eigenvalue weighted by Crippen LogP contribution is -2.45.